The van der Waals surface area contributed by atoms with Gasteiger partial charge in [0.2, 0.25) is 0 Å². The highest BCUT2D eigenvalue weighted by atomic mass is 19.4. The average Bonchev–Trinajstić information content (AvgIpc) is 3.26. The summed E-state index contributed by atoms with van der Waals surface area (Å²) in [6, 6.07) is 4.48. The van der Waals surface area contributed by atoms with Gasteiger partial charge in [0.05, 0.1) is 23.2 Å². The van der Waals surface area contributed by atoms with Crippen molar-refractivity contribution in [2.45, 2.75) is 12.2 Å². The van der Waals surface area contributed by atoms with E-state index in [0.29, 0.717) is 16.2 Å². The first-order valence-electron chi connectivity index (χ1n) is 10.2. The molecular weight excluding hydrogens is 423 g/mol. The maximum atomic E-state index is 13.3. The van der Waals surface area contributed by atoms with Crippen molar-refractivity contribution >= 4 is 17.4 Å². The lowest BCUT2D eigenvalue weighted by Crippen LogP contribution is -2.44. The van der Waals surface area contributed by atoms with Crippen molar-refractivity contribution in [3.05, 3.63) is 48.1 Å². The summed E-state index contributed by atoms with van der Waals surface area (Å²) in [5.41, 5.74) is 1.86. The Labute approximate surface area is 182 Å². The number of carbonyl (C=O) groups is 1. The lowest BCUT2D eigenvalue weighted by atomic mass is 9.95. The molecule has 0 N–H and O–H groups in total. The molecule has 0 spiro atoms. The molecule has 3 aliphatic rings. The molecule has 0 bridgehead atoms. The highest BCUT2D eigenvalue weighted by Gasteiger charge is 2.43. The van der Waals surface area contributed by atoms with E-state index >= 15 is 0 Å². The van der Waals surface area contributed by atoms with Crippen LogP contribution in [0.1, 0.15) is 11.7 Å². The van der Waals surface area contributed by atoms with Crippen molar-refractivity contribution in [1.82, 2.24) is 14.9 Å². The van der Waals surface area contributed by atoms with Crippen LogP contribution in [0, 0.1) is 0 Å². The zero-order valence-corrected chi connectivity index (χ0v) is 17.2. The Morgan fingerprint density at radius 3 is 2.62 bits per heavy atom. The molecule has 1 saturated heterocycles. The second-order valence-electron chi connectivity index (χ2n) is 8.05. The summed E-state index contributed by atoms with van der Waals surface area (Å²) in [5, 5.41) is 7.72. The van der Waals surface area contributed by atoms with Crippen LogP contribution in [0.4, 0.5) is 24.7 Å². The molecule has 11 heteroatoms. The van der Waals surface area contributed by atoms with E-state index < -0.39 is 24.7 Å². The van der Waals surface area contributed by atoms with Crippen molar-refractivity contribution < 1.29 is 18.0 Å². The van der Waals surface area contributed by atoms with Crippen molar-refractivity contribution in [1.29, 1.82) is 0 Å². The van der Waals surface area contributed by atoms with Crippen LogP contribution in [0.3, 0.4) is 0 Å². The highest BCUT2D eigenvalue weighted by Crippen LogP contribution is 2.43. The summed E-state index contributed by atoms with van der Waals surface area (Å²) in [6.07, 6.45) is -0.0867. The van der Waals surface area contributed by atoms with Gasteiger partial charge in [-0.1, -0.05) is 0 Å². The maximum absolute atomic E-state index is 13.3. The van der Waals surface area contributed by atoms with Crippen LogP contribution in [0.15, 0.2) is 52.6 Å². The van der Waals surface area contributed by atoms with E-state index in [1.165, 1.54) is 6.20 Å². The topological polar surface area (TPSA) is 77.3 Å². The number of alkyl halides is 3. The fourth-order valence-electron chi connectivity index (χ4n) is 4.13. The van der Waals surface area contributed by atoms with Gasteiger partial charge in [0.15, 0.2) is 0 Å². The predicted octanol–water partition coefficient (Wildman–Crippen LogP) is 3.20. The first-order chi connectivity index (χ1) is 15.3. The lowest BCUT2D eigenvalue weighted by Gasteiger charge is -2.33. The van der Waals surface area contributed by atoms with Crippen molar-refractivity contribution in [2.24, 2.45) is 10.2 Å². The van der Waals surface area contributed by atoms with Crippen LogP contribution in [0.25, 0.3) is 11.1 Å². The second kappa shape index (κ2) is 7.66. The third kappa shape index (κ3) is 3.72. The van der Waals surface area contributed by atoms with E-state index in [1.54, 1.807) is 24.5 Å². The molecular formula is C21H20F3N7O. The zero-order valence-electron chi connectivity index (χ0n) is 17.2. The molecule has 3 aliphatic heterocycles. The molecule has 2 aromatic heterocycles. The van der Waals surface area contributed by atoms with E-state index in [-0.39, 0.29) is 11.3 Å². The van der Waals surface area contributed by atoms with Gasteiger partial charge in [-0.05, 0) is 30.8 Å². The van der Waals surface area contributed by atoms with Crippen molar-refractivity contribution in [3.8, 4) is 11.1 Å². The standard InChI is InChI=1S/C21H20F3N7O/c1-29-4-6-30(7-5-29)17-9-13(2-3-25-17)14-8-16-19(26-10-14)18-15(11-27-28-18)20(32)31(16)12-21(22,23)24/h2-3,8-11,18H,4-7,12H2,1H3. The first-order valence-corrected chi connectivity index (χ1v) is 10.2. The van der Waals surface area contributed by atoms with Crippen LogP contribution in [-0.2, 0) is 4.79 Å². The number of azo groups is 1. The smallest absolute Gasteiger partial charge is 0.354 e. The van der Waals surface area contributed by atoms with Crippen LogP contribution in [0.5, 0.6) is 0 Å². The maximum Gasteiger partial charge on any atom is 0.406 e. The minimum atomic E-state index is -4.56. The van der Waals surface area contributed by atoms with E-state index in [9.17, 15) is 18.0 Å². The number of halogens is 3. The normalized spacial score (nSPS) is 20.9. The largest absolute Gasteiger partial charge is 0.406 e. The van der Waals surface area contributed by atoms with Gasteiger partial charge in [-0.3, -0.25) is 14.7 Å². The Balaban J connectivity index is 1.53. The summed E-state index contributed by atoms with van der Waals surface area (Å²) in [5.74, 6) is 0.0444. The highest BCUT2D eigenvalue weighted by molar-refractivity contribution is 6.09. The minimum Gasteiger partial charge on any atom is -0.354 e. The fraction of sp³-hybridized carbons (Fsp3) is 0.381. The summed E-state index contributed by atoms with van der Waals surface area (Å²) >= 11 is 0. The van der Waals surface area contributed by atoms with Crippen LogP contribution in [0.2, 0.25) is 0 Å². The van der Waals surface area contributed by atoms with Crippen LogP contribution >= 0.6 is 0 Å². The van der Waals surface area contributed by atoms with Crippen LogP contribution in [-0.4, -0.2) is 66.7 Å². The van der Waals surface area contributed by atoms with Gasteiger partial charge in [0.25, 0.3) is 5.91 Å². The third-order valence-corrected chi connectivity index (χ3v) is 5.86. The third-order valence-electron chi connectivity index (χ3n) is 5.86. The van der Waals surface area contributed by atoms with Gasteiger partial charge < -0.3 is 9.80 Å². The molecule has 0 radical (unpaired) electrons. The van der Waals surface area contributed by atoms with Gasteiger partial charge in [0.1, 0.15) is 18.4 Å². The van der Waals surface area contributed by atoms with Crippen molar-refractivity contribution in [3.63, 3.8) is 0 Å². The number of aromatic nitrogens is 2. The Morgan fingerprint density at radius 1 is 1.09 bits per heavy atom. The summed E-state index contributed by atoms with van der Waals surface area (Å²) in [6.45, 7) is 2.12. The monoisotopic (exact) mass is 443 g/mol. The number of rotatable bonds is 3. The molecule has 0 saturated carbocycles. The summed E-state index contributed by atoms with van der Waals surface area (Å²) < 4.78 is 39.8. The number of carbonyl (C=O) groups excluding carboxylic acids is 1. The van der Waals surface area contributed by atoms with Gasteiger partial charge >= 0.3 is 6.18 Å². The Bertz CT molecular complexity index is 1120. The lowest BCUT2D eigenvalue weighted by molar-refractivity contribution is -0.130. The van der Waals surface area contributed by atoms with Gasteiger partial charge in [-0.25, -0.2) is 4.98 Å². The van der Waals surface area contributed by atoms with E-state index in [0.717, 1.165) is 37.6 Å². The molecule has 1 amide bonds. The number of amides is 1. The Morgan fingerprint density at radius 2 is 1.88 bits per heavy atom. The number of hydrogen-bond donors (Lipinski definition) is 0. The summed E-state index contributed by atoms with van der Waals surface area (Å²) in [7, 11) is 2.07. The second-order valence-corrected chi connectivity index (χ2v) is 8.05. The molecule has 1 unspecified atom stereocenters. The molecule has 5 heterocycles. The number of nitrogens with zero attached hydrogens (tertiary/aromatic N) is 7. The number of anilines is 2. The zero-order chi connectivity index (χ0) is 22.5. The Hall–Kier alpha value is -3.34. The molecule has 5 rings (SSSR count). The van der Waals surface area contributed by atoms with E-state index in [1.807, 2.05) is 6.07 Å². The van der Waals surface area contributed by atoms with Crippen LogP contribution < -0.4 is 9.80 Å². The molecule has 2 aromatic rings. The van der Waals surface area contributed by atoms with E-state index in [2.05, 4.69) is 37.0 Å². The Kier molecular flexibility index (Phi) is 4.92. The molecule has 166 valence electrons. The van der Waals surface area contributed by atoms with Gasteiger partial charge in [0, 0.05) is 44.1 Å². The quantitative estimate of drug-likeness (QED) is 0.728. The van der Waals surface area contributed by atoms with Gasteiger partial charge in [-0.2, -0.15) is 23.4 Å². The molecule has 8 nitrogen and oxygen atoms in total. The number of likely N-dealkylation sites (N-methyl/N-ethyl adjacent to an activating group) is 1. The average molecular weight is 443 g/mol. The minimum absolute atomic E-state index is 0.100. The fourth-order valence-corrected chi connectivity index (χ4v) is 4.13. The molecule has 0 aromatic carbocycles. The number of fused-ring (bicyclic) bond motifs is 3. The first kappa shape index (κ1) is 20.6. The van der Waals surface area contributed by atoms with Gasteiger partial charge in [-0.15, -0.1) is 0 Å². The number of pyridine rings is 2. The number of hydrogen-bond acceptors (Lipinski definition) is 7. The predicted molar refractivity (Wildman–Crippen MR) is 111 cm³/mol. The molecule has 1 fully saturated rings. The molecule has 0 aliphatic carbocycles. The van der Waals surface area contributed by atoms with Crippen molar-refractivity contribution in [2.75, 3.05) is 49.6 Å². The SMILES string of the molecule is CN1CCN(c2cc(-c3cnc4c(c3)N(CC(F)(F)F)C(=O)C3=CN=NC34)ccn2)CC1. The summed E-state index contributed by atoms with van der Waals surface area (Å²) in [4.78, 5) is 26.8. The molecule has 32 heavy (non-hydrogen) atoms. The molecule has 1 atom stereocenters. The number of piperazine rings is 1. The van der Waals surface area contributed by atoms with E-state index in [4.69, 9.17) is 0 Å².